The van der Waals surface area contributed by atoms with Crippen LogP contribution in [0.15, 0.2) is 41.8 Å². The summed E-state index contributed by atoms with van der Waals surface area (Å²) in [5.74, 6) is 0.357. The lowest BCUT2D eigenvalue weighted by atomic mass is 10.2. The Bertz CT molecular complexity index is 582. The maximum Gasteiger partial charge on any atom is 0.196 e. The monoisotopic (exact) mass is 287 g/mol. The molecule has 1 saturated carbocycles. The van der Waals surface area contributed by atoms with Crippen LogP contribution < -0.4 is 0 Å². The molecule has 1 heterocycles. The first-order valence-corrected chi connectivity index (χ1v) is 7.87. The number of carbonyl (C=O) groups is 1. The number of Topliss-reactive ketones (excluding diaryl/α,β-unsaturated/α-hetero) is 1. The zero-order chi connectivity index (χ0) is 13.8. The van der Waals surface area contributed by atoms with Gasteiger partial charge in [0.05, 0.1) is 5.25 Å². The van der Waals surface area contributed by atoms with Crippen molar-refractivity contribution >= 4 is 17.5 Å². The summed E-state index contributed by atoms with van der Waals surface area (Å²) in [6, 6.07) is 9.99. The highest BCUT2D eigenvalue weighted by Gasteiger charge is 2.24. The highest BCUT2D eigenvalue weighted by Crippen LogP contribution is 2.30. The molecule has 0 bridgehead atoms. The molecule has 0 amide bonds. The van der Waals surface area contributed by atoms with Gasteiger partial charge in [0, 0.05) is 12.1 Å². The minimum Gasteiger partial charge on any atom is -0.298 e. The molecule has 1 aromatic heterocycles. The van der Waals surface area contributed by atoms with Gasteiger partial charge >= 0.3 is 0 Å². The van der Waals surface area contributed by atoms with Gasteiger partial charge in [0.15, 0.2) is 5.16 Å². The number of para-hydroxylation sites is 1. The Balaban J connectivity index is 1.81. The molecule has 0 saturated heterocycles. The molecule has 1 atom stereocenters. The van der Waals surface area contributed by atoms with Crippen molar-refractivity contribution in [1.29, 1.82) is 0 Å². The Morgan fingerprint density at radius 1 is 1.15 bits per heavy atom. The summed E-state index contributed by atoms with van der Waals surface area (Å²) in [5, 5.41) is 9.00. The van der Waals surface area contributed by atoms with Gasteiger partial charge in [-0.15, -0.1) is 10.2 Å². The zero-order valence-electron chi connectivity index (χ0n) is 11.2. The summed E-state index contributed by atoms with van der Waals surface area (Å²) in [5.41, 5.74) is 1.03. The molecule has 4 nitrogen and oxygen atoms in total. The molecular weight excluding hydrogens is 270 g/mol. The third-order valence-electron chi connectivity index (χ3n) is 3.55. The lowest BCUT2D eigenvalue weighted by Gasteiger charge is -2.12. The second kappa shape index (κ2) is 6.22. The summed E-state index contributed by atoms with van der Waals surface area (Å²) in [6.07, 6.45) is 6.68. The van der Waals surface area contributed by atoms with Gasteiger partial charge in [-0.2, -0.15) is 0 Å². The van der Waals surface area contributed by atoms with Gasteiger partial charge in [-0.3, -0.25) is 9.36 Å². The predicted octanol–water partition coefficient (Wildman–Crippen LogP) is 3.26. The summed E-state index contributed by atoms with van der Waals surface area (Å²) in [7, 11) is 0. The number of nitrogens with zero attached hydrogens (tertiary/aromatic N) is 3. The van der Waals surface area contributed by atoms with Crippen LogP contribution in [0.5, 0.6) is 0 Å². The van der Waals surface area contributed by atoms with Gasteiger partial charge in [0.25, 0.3) is 0 Å². The lowest BCUT2D eigenvalue weighted by molar-refractivity contribution is -0.118. The second-order valence-corrected chi connectivity index (χ2v) is 6.16. The Hall–Kier alpha value is -1.62. The van der Waals surface area contributed by atoms with Crippen LogP contribution in [0.25, 0.3) is 5.69 Å². The quantitative estimate of drug-likeness (QED) is 0.813. The molecular formula is C15H17N3OS. The predicted molar refractivity (Wildman–Crippen MR) is 79.1 cm³/mol. The molecule has 5 heteroatoms. The van der Waals surface area contributed by atoms with E-state index < -0.39 is 0 Å². The summed E-state index contributed by atoms with van der Waals surface area (Å²) in [4.78, 5) is 12.1. The first-order chi connectivity index (χ1) is 9.84. The Morgan fingerprint density at radius 3 is 2.85 bits per heavy atom. The normalized spacial score (nSPS) is 19.8. The van der Waals surface area contributed by atoms with Crippen LogP contribution in [-0.2, 0) is 4.79 Å². The molecule has 1 aliphatic rings. The molecule has 3 rings (SSSR count). The second-order valence-electron chi connectivity index (χ2n) is 4.99. The van der Waals surface area contributed by atoms with Crippen molar-refractivity contribution in [2.24, 2.45) is 0 Å². The van der Waals surface area contributed by atoms with Gasteiger partial charge in [0.1, 0.15) is 12.1 Å². The van der Waals surface area contributed by atoms with E-state index in [1.165, 1.54) is 0 Å². The van der Waals surface area contributed by atoms with Crippen LogP contribution in [0.3, 0.4) is 0 Å². The third-order valence-corrected chi connectivity index (χ3v) is 4.82. The van der Waals surface area contributed by atoms with Gasteiger partial charge < -0.3 is 0 Å². The van der Waals surface area contributed by atoms with Crippen molar-refractivity contribution in [3.63, 3.8) is 0 Å². The largest absolute Gasteiger partial charge is 0.298 e. The molecule has 1 unspecified atom stereocenters. The van der Waals surface area contributed by atoms with E-state index in [0.717, 1.165) is 36.5 Å². The number of carbonyl (C=O) groups excluding carboxylic acids is 1. The number of hydrogen-bond acceptors (Lipinski definition) is 4. The molecule has 0 N–H and O–H groups in total. The van der Waals surface area contributed by atoms with Crippen molar-refractivity contribution in [2.45, 2.75) is 42.5 Å². The maximum absolute atomic E-state index is 12.1. The summed E-state index contributed by atoms with van der Waals surface area (Å²) < 4.78 is 1.95. The average Bonchev–Trinajstić information content (AvgIpc) is 2.85. The van der Waals surface area contributed by atoms with Crippen LogP contribution in [0.4, 0.5) is 0 Å². The molecule has 104 valence electrons. The number of aromatic nitrogens is 3. The summed E-state index contributed by atoms with van der Waals surface area (Å²) >= 11 is 1.55. The van der Waals surface area contributed by atoms with Gasteiger partial charge in [-0.1, -0.05) is 42.8 Å². The molecule has 0 aliphatic heterocycles. The van der Waals surface area contributed by atoms with E-state index in [4.69, 9.17) is 0 Å². The molecule has 1 aromatic carbocycles. The molecule has 0 radical (unpaired) electrons. The number of hydrogen-bond donors (Lipinski definition) is 0. The highest BCUT2D eigenvalue weighted by atomic mass is 32.2. The first-order valence-electron chi connectivity index (χ1n) is 6.99. The minimum absolute atomic E-state index is 0.0316. The number of ketones is 1. The Kier molecular flexibility index (Phi) is 4.16. The van der Waals surface area contributed by atoms with E-state index >= 15 is 0 Å². The maximum atomic E-state index is 12.1. The first kappa shape index (κ1) is 13.4. The van der Waals surface area contributed by atoms with Crippen LogP contribution in [0.2, 0.25) is 0 Å². The minimum atomic E-state index is 0.0316. The average molecular weight is 287 g/mol. The van der Waals surface area contributed by atoms with E-state index in [1.807, 2.05) is 34.9 Å². The molecule has 20 heavy (non-hydrogen) atoms. The van der Waals surface area contributed by atoms with E-state index in [1.54, 1.807) is 18.1 Å². The summed E-state index contributed by atoms with van der Waals surface area (Å²) in [6.45, 7) is 0. The van der Waals surface area contributed by atoms with Crippen molar-refractivity contribution < 1.29 is 4.79 Å². The topological polar surface area (TPSA) is 47.8 Å². The van der Waals surface area contributed by atoms with Crippen molar-refractivity contribution in [3.05, 3.63) is 36.7 Å². The number of benzene rings is 1. The van der Waals surface area contributed by atoms with Crippen molar-refractivity contribution in [3.8, 4) is 5.69 Å². The van der Waals surface area contributed by atoms with Gasteiger partial charge in [-0.25, -0.2) is 0 Å². The molecule has 2 aromatic rings. The van der Waals surface area contributed by atoms with E-state index in [-0.39, 0.29) is 5.25 Å². The lowest BCUT2D eigenvalue weighted by Crippen LogP contribution is -2.15. The Labute approximate surface area is 122 Å². The molecule has 1 aliphatic carbocycles. The van der Waals surface area contributed by atoms with Gasteiger partial charge in [-0.05, 0) is 25.0 Å². The fourth-order valence-electron chi connectivity index (χ4n) is 2.45. The van der Waals surface area contributed by atoms with Crippen molar-refractivity contribution in [2.75, 3.05) is 0 Å². The van der Waals surface area contributed by atoms with Crippen LogP contribution in [-0.4, -0.2) is 25.8 Å². The van der Waals surface area contributed by atoms with Crippen LogP contribution in [0, 0.1) is 0 Å². The van der Waals surface area contributed by atoms with Crippen LogP contribution in [0.1, 0.15) is 32.1 Å². The fourth-order valence-corrected chi connectivity index (χ4v) is 3.60. The van der Waals surface area contributed by atoms with Gasteiger partial charge in [0.2, 0.25) is 0 Å². The van der Waals surface area contributed by atoms with Crippen LogP contribution >= 0.6 is 11.8 Å². The molecule has 0 spiro atoms. The SMILES string of the molecule is O=C1CCCCCC1Sc1nncn1-c1ccccc1. The highest BCUT2D eigenvalue weighted by molar-refractivity contribution is 8.00. The number of thioether (sulfide) groups is 1. The van der Waals surface area contributed by atoms with E-state index in [2.05, 4.69) is 10.2 Å². The van der Waals surface area contributed by atoms with E-state index in [9.17, 15) is 4.79 Å². The van der Waals surface area contributed by atoms with Crippen molar-refractivity contribution in [1.82, 2.24) is 14.8 Å². The fraction of sp³-hybridized carbons (Fsp3) is 0.400. The zero-order valence-corrected chi connectivity index (χ0v) is 12.1. The number of rotatable bonds is 3. The van der Waals surface area contributed by atoms with E-state index in [0.29, 0.717) is 12.2 Å². The molecule has 1 fully saturated rings. The standard InChI is InChI=1S/C15H17N3OS/c19-13-9-5-2-6-10-14(13)20-15-17-16-11-18(15)12-7-3-1-4-8-12/h1,3-4,7-8,11,14H,2,5-6,9-10H2. The Morgan fingerprint density at radius 2 is 2.00 bits per heavy atom. The third kappa shape index (κ3) is 2.93. The smallest absolute Gasteiger partial charge is 0.196 e.